The molecule has 1 atom stereocenters. The molecule has 30 heavy (non-hydrogen) atoms. The zero-order valence-corrected chi connectivity index (χ0v) is 16.6. The number of aromatic amines is 1. The lowest BCUT2D eigenvalue weighted by atomic mass is 10.1. The molecule has 1 fully saturated rings. The van der Waals surface area contributed by atoms with E-state index in [4.69, 9.17) is 11.6 Å². The Morgan fingerprint density at radius 1 is 1.30 bits per heavy atom. The number of hydrogen-bond acceptors (Lipinski definition) is 5. The van der Waals surface area contributed by atoms with Crippen molar-refractivity contribution in [3.8, 4) is 0 Å². The number of hydrogen-bond donors (Lipinski definition) is 4. The standard InChI is InChI=1S/C19H18ClF3N6O/c1-29-5-4-10(8-29)25-19-26-16-11(7-14(22)15(23)17(16)27-19)18(28-30)24-9-2-3-13(21)12(20)6-9/h2-3,6-7,10,30H,4-5,8H2,1H3,(H,24,28)(H2,25,26,27)/t10-/m1/s1. The number of benzene rings is 2. The molecule has 4 N–H and O–H groups in total. The molecular weight excluding hydrogens is 421 g/mol. The lowest BCUT2D eigenvalue weighted by Gasteiger charge is -2.11. The van der Waals surface area contributed by atoms with Crippen LogP contribution in [0.2, 0.25) is 5.02 Å². The minimum Gasteiger partial charge on any atom is -0.352 e. The molecular formula is C19H18ClF3N6O. The number of amidine groups is 1. The Bertz CT molecular complexity index is 1140. The van der Waals surface area contributed by atoms with Gasteiger partial charge in [-0.2, -0.15) is 0 Å². The molecule has 1 aromatic heterocycles. The van der Waals surface area contributed by atoms with Crippen molar-refractivity contribution in [3.05, 3.63) is 52.3 Å². The Morgan fingerprint density at radius 2 is 2.10 bits per heavy atom. The highest BCUT2D eigenvalue weighted by Crippen LogP contribution is 2.27. The van der Waals surface area contributed by atoms with Gasteiger partial charge in [-0.25, -0.2) is 23.1 Å². The Labute approximate surface area is 174 Å². The minimum absolute atomic E-state index is 0.0379. The van der Waals surface area contributed by atoms with Gasteiger partial charge in [0.2, 0.25) is 5.95 Å². The van der Waals surface area contributed by atoms with Crippen LogP contribution in [-0.4, -0.2) is 52.1 Å². The first kappa shape index (κ1) is 20.5. The van der Waals surface area contributed by atoms with Crippen LogP contribution in [0.4, 0.5) is 24.8 Å². The summed E-state index contributed by atoms with van der Waals surface area (Å²) >= 11 is 5.76. The van der Waals surface area contributed by atoms with E-state index in [0.717, 1.165) is 31.6 Å². The van der Waals surface area contributed by atoms with Crippen molar-refractivity contribution in [1.82, 2.24) is 20.3 Å². The lowest BCUT2D eigenvalue weighted by Crippen LogP contribution is -2.24. The van der Waals surface area contributed by atoms with Crippen LogP contribution < -0.4 is 10.8 Å². The van der Waals surface area contributed by atoms with Gasteiger partial charge >= 0.3 is 0 Å². The second kappa shape index (κ2) is 8.13. The van der Waals surface area contributed by atoms with Crippen LogP contribution >= 0.6 is 11.6 Å². The van der Waals surface area contributed by atoms with Crippen LogP contribution in [0.3, 0.4) is 0 Å². The van der Waals surface area contributed by atoms with Crippen LogP contribution in [0.5, 0.6) is 0 Å². The highest BCUT2D eigenvalue weighted by molar-refractivity contribution is 6.31. The first-order valence-corrected chi connectivity index (χ1v) is 9.50. The summed E-state index contributed by atoms with van der Waals surface area (Å²) in [5.74, 6) is -2.83. The summed E-state index contributed by atoms with van der Waals surface area (Å²) in [4.78, 5) is 13.3. The van der Waals surface area contributed by atoms with Crippen LogP contribution in [0.1, 0.15) is 12.0 Å². The number of halogens is 4. The highest BCUT2D eigenvalue weighted by Gasteiger charge is 2.23. The third-order valence-electron chi connectivity index (χ3n) is 4.90. The van der Waals surface area contributed by atoms with Gasteiger partial charge in [-0.3, -0.25) is 10.7 Å². The van der Waals surface area contributed by atoms with Gasteiger partial charge in [0.15, 0.2) is 17.5 Å². The summed E-state index contributed by atoms with van der Waals surface area (Å²) < 4.78 is 42.0. The minimum atomic E-state index is -1.16. The van der Waals surface area contributed by atoms with Crippen molar-refractivity contribution >= 4 is 40.1 Å². The quantitative estimate of drug-likeness (QED) is 0.283. The molecule has 158 valence electrons. The van der Waals surface area contributed by atoms with Crippen molar-refractivity contribution < 1.29 is 18.4 Å². The second-order valence-corrected chi connectivity index (χ2v) is 7.50. The van der Waals surface area contributed by atoms with Gasteiger partial charge in [-0.15, -0.1) is 0 Å². The number of likely N-dealkylation sites (N-methyl/N-ethyl adjacent to an activating group) is 1. The van der Waals surface area contributed by atoms with E-state index in [1.54, 1.807) is 0 Å². The van der Waals surface area contributed by atoms with Crippen LogP contribution in [0, 0.1) is 17.5 Å². The van der Waals surface area contributed by atoms with Gasteiger partial charge in [0.1, 0.15) is 11.3 Å². The number of fused-ring (bicyclic) bond motifs is 1. The number of imidazole rings is 1. The SMILES string of the molecule is CN1CC[C@@H](Nc2nc3c(F)c(F)cc(C(=Nc4ccc(F)c(Cl)c4)NO)c3[nH]2)C1. The molecule has 0 amide bonds. The molecule has 2 aromatic carbocycles. The lowest BCUT2D eigenvalue weighted by molar-refractivity contribution is 0.235. The van der Waals surface area contributed by atoms with Gasteiger partial charge in [-0.1, -0.05) is 11.6 Å². The largest absolute Gasteiger partial charge is 0.352 e. The molecule has 1 aliphatic heterocycles. The Hall–Kier alpha value is -2.82. The second-order valence-electron chi connectivity index (χ2n) is 7.09. The zero-order valence-electron chi connectivity index (χ0n) is 15.8. The molecule has 11 heteroatoms. The predicted molar refractivity (Wildman–Crippen MR) is 108 cm³/mol. The number of aliphatic imine (C=N–C) groups is 1. The molecule has 7 nitrogen and oxygen atoms in total. The van der Waals surface area contributed by atoms with E-state index in [1.165, 1.54) is 12.1 Å². The van der Waals surface area contributed by atoms with E-state index in [1.807, 2.05) is 12.5 Å². The summed E-state index contributed by atoms with van der Waals surface area (Å²) in [6, 6.07) is 4.66. The molecule has 0 spiro atoms. The highest BCUT2D eigenvalue weighted by atomic mass is 35.5. The number of aromatic nitrogens is 2. The summed E-state index contributed by atoms with van der Waals surface area (Å²) in [7, 11) is 1.99. The molecule has 0 bridgehead atoms. The molecule has 1 aliphatic rings. The van der Waals surface area contributed by atoms with E-state index >= 15 is 0 Å². The van der Waals surface area contributed by atoms with Crippen LogP contribution in [0.25, 0.3) is 11.0 Å². The van der Waals surface area contributed by atoms with Crippen molar-refractivity contribution in [2.45, 2.75) is 12.5 Å². The monoisotopic (exact) mass is 438 g/mol. The van der Waals surface area contributed by atoms with E-state index in [0.29, 0.717) is 0 Å². The van der Waals surface area contributed by atoms with Gasteiger partial charge < -0.3 is 15.2 Å². The molecule has 3 aromatic rings. The van der Waals surface area contributed by atoms with E-state index < -0.39 is 17.5 Å². The fraction of sp³-hybridized carbons (Fsp3) is 0.263. The van der Waals surface area contributed by atoms with E-state index in [-0.39, 0.29) is 45.1 Å². The predicted octanol–water partition coefficient (Wildman–Crippen LogP) is 3.81. The molecule has 1 saturated heterocycles. The van der Waals surface area contributed by atoms with Crippen molar-refractivity contribution in [1.29, 1.82) is 0 Å². The molecule has 0 radical (unpaired) electrons. The number of anilines is 1. The van der Waals surface area contributed by atoms with Crippen molar-refractivity contribution in [3.63, 3.8) is 0 Å². The number of hydroxylamine groups is 1. The van der Waals surface area contributed by atoms with Gasteiger partial charge in [0.25, 0.3) is 0 Å². The van der Waals surface area contributed by atoms with E-state index in [9.17, 15) is 18.4 Å². The summed E-state index contributed by atoms with van der Waals surface area (Å²) in [5, 5.41) is 12.6. The topological polar surface area (TPSA) is 88.6 Å². The average Bonchev–Trinajstić information content (AvgIpc) is 3.32. The average molecular weight is 439 g/mol. The fourth-order valence-corrected chi connectivity index (χ4v) is 3.61. The number of H-pyrrole nitrogens is 1. The Morgan fingerprint density at radius 3 is 2.77 bits per heavy atom. The Kier molecular flexibility index (Phi) is 5.54. The zero-order chi connectivity index (χ0) is 21.4. The summed E-state index contributed by atoms with van der Waals surface area (Å²) in [5.41, 5.74) is 2.01. The Balaban J connectivity index is 1.77. The normalized spacial score (nSPS) is 17.7. The fourth-order valence-electron chi connectivity index (χ4n) is 3.43. The molecule has 0 aliphatic carbocycles. The molecule has 0 unspecified atom stereocenters. The van der Waals surface area contributed by atoms with E-state index in [2.05, 4.69) is 25.2 Å². The molecule has 0 saturated carbocycles. The third kappa shape index (κ3) is 3.93. The number of likely N-dealkylation sites (tertiary alicyclic amines) is 1. The summed E-state index contributed by atoms with van der Waals surface area (Å²) in [6.07, 6.45) is 0.882. The third-order valence-corrected chi connectivity index (χ3v) is 5.19. The molecule has 4 rings (SSSR count). The van der Waals surface area contributed by atoms with Crippen molar-refractivity contribution in [2.75, 3.05) is 25.5 Å². The first-order valence-electron chi connectivity index (χ1n) is 9.12. The first-order chi connectivity index (χ1) is 14.4. The molecule has 2 heterocycles. The van der Waals surface area contributed by atoms with Crippen LogP contribution in [-0.2, 0) is 0 Å². The van der Waals surface area contributed by atoms with Crippen molar-refractivity contribution in [2.24, 2.45) is 4.99 Å². The number of rotatable bonds is 4. The number of nitrogens with zero attached hydrogens (tertiary/aromatic N) is 3. The number of nitrogens with one attached hydrogen (secondary N) is 3. The summed E-state index contributed by atoms with van der Waals surface area (Å²) in [6.45, 7) is 1.70. The maximum Gasteiger partial charge on any atom is 0.201 e. The van der Waals surface area contributed by atoms with Crippen LogP contribution in [0.15, 0.2) is 29.3 Å². The van der Waals surface area contributed by atoms with Gasteiger partial charge in [0, 0.05) is 18.2 Å². The maximum atomic E-state index is 14.4. The maximum absolute atomic E-state index is 14.4. The van der Waals surface area contributed by atoms with Gasteiger partial charge in [-0.05, 0) is 44.3 Å². The smallest absolute Gasteiger partial charge is 0.201 e. The van der Waals surface area contributed by atoms with Gasteiger partial charge in [0.05, 0.1) is 16.2 Å².